The van der Waals surface area contributed by atoms with Crippen molar-refractivity contribution in [2.75, 3.05) is 0 Å². The van der Waals surface area contributed by atoms with E-state index in [0.717, 1.165) is 5.69 Å². The summed E-state index contributed by atoms with van der Waals surface area (Å²) in [5.41, 5.74) is 1.46. The smallest absolute Gasteiger partial charge is 0.178 e. The van der Waals surface area contributed by atoms with Gasteiger partial charge in [0.25, 0.3) is 0 Å². The quantitative estimate of drug-likeness (QED) is 0.757. The van der Waals surface area contributed by atoms with Crippen LogP contribution in [0.4, 0.5) is 0 Å². The zero-order valence-electron chi connectivity index (χ0n) is 7.69. The van der Waals surface area contributed by atoms with Crippen molar-refractivity contribution in [3.63, 3.8) is 0 Å². The third-order valence-corrected chi connectivity index (χ3v) is 2.30. The molecule has 0 aliphatic rings. The van der Waals surface area contributed by atoms with Gasteiger partial charge in [-0.05, 0) is 18.2 Å². The molecule has 0 aliphatic carbocycles. The summed E-state index contributed by atoms with van der Waals surface area (Å²) in [6, 6.07) is 5.29. The first-order valence-electron chi connectivity index (χ1n) is 4.29. The normalized spacial score (nSPS) is 10.3. The lowest BCUT2D eigenvalue weighted by molar-refractivity contribution is 1.07. The first-order valence-corrected chi connectivity index (χ1v) is 5.20. The second-order valence-corrected chi connectivity index (χ2v) is 3.57. The Balaban J connectivity index is 2.40. The summed E-state index contributed by atoms with van der Waals surface area (Å²) >= 11 is 11.4. The van der Waals surface area contributed by atoms with Crippen LogP contribution in [0.2, 0.25) is 5.02 Å². The predicted octanol–water partition coefficient (Wildman–Crippen LogP) is 2.93. The Labute approximate surface area is 97.1 Å². The topological polar surface area (TPSA) is 38.7 Å². The van der Waals surface area contributed by atoms with E-state index in [4.69, 9.17) is 23.2 Å². The third kappa shape index (κ3) is 2.43. The summed E-state index contributed by atoms with van der Waals surface area (Å²) in [4.78, 5) is 12.5. The largest absolute Gasteiger partial charge is 0.251 e. The molecule has 0 saturated heterocycles. The fourth-order valence-corrected chi connectivity index (χ4v) is 1.36. The van der Waals surface area contributed by atoms with Crippen molar-refractivity contribution in [2.45, 2.75) is 5.88 Å². The van der Waals surface area contributed by atoms with E-state index in [-0.39, 0.29) is 0 Å². The highest BCUT2D eigenvalue weighted by molar-refractivity contribution is 6.30. The molecule has 0 spiro atoms. The van der Waals surface area contributed by atoms with E-state index < -0.39 is 0 Å². The summed E-state index contributed by atoms with van der Waals surface area (Å²) in [6.07, 6.45) is 3.23. The van der Waals surface area contributed by atoms with Gasteiger partial charge in [-0.1, -0.05) is 11.6 Å². The number of alkyl halides is 1. The van der Waals surface area contributed by atoms with Crippen molar-refractivity contribution < 1.29 is 0 Å². The third-order valence-electron chi connectivity index (χ3n) is 1.81. The molecule has 2 aromatic heterocycles. The van der Waals surface area contributed by atoms with Gasteiger partial charge >= 0.3 is 0 Å². The molecule has 0 saturated carbocycles. The molecule has 2 heterocycles. The van der Waals surface area contributed by atoms with Gasteiger partial charge in [-0.25, -0.2) is 9.97 Å². The average Bonchev–Trinajstić information content (AvgIpc) is 2.30. The Morgan fingerprint density at radius 2 is 2.00 bits per heavy atom. The van der Waals surface area contributed by atoms with Crippen LogP contribution in [0.5, 0.6) is 0 Å². The van der Waals surface area contributed by atoms with E-state index in [9.17, 15) is 0 Å². The maximum atomic E-state index is 5.73. The molecule has 0 fully saturated rings. The van der Waals surface area contributed by atoms with Crippen LogP contribution in [-0.2, 0) is 5.88 Å². The highest BCUT2D eigenvalue weighted by atomic mass is 35.5. The standard InChI is InChI=1S/C10H7Cl2N3/c11-5-8-3-4-13-10(15-8)9-2-1-7(12)6-14-9/h1-4,6H,5H2. The van der Waals surface area contributed by atoms with E-state index in [1.165, 1.54) is 0 Å². The molecule has 0 unspecified atom stereocenters. The van der Waals surface area contributed by atoms with E-state index >= 15 is 0 Å². The molecule has 2 aromatic rings. The van der Waals surface area contributed by atoms with E-state index in [1.54, 1.807) is 30.6 Å². The van der Waals surface area contributed by atoms with Crippen molar-refractivity contribution in [1.29, 1.82) is 0 Å². The maximum absolute atomic E-state index is 5.73. The van der Waals surface area contributed by atoms with Crippen molar-refractivity contribution in [1.82, 2.24) is 15.0 Å². The predicted molar refractivity (Wildman–Crippen MR) is 59.8 cm³/mol. The fourth-order valence-electron chi connectivity index (χ4n) is 1.10. The van der Waals surface area contributed by atoms with Gasteiger partial charge in [0.05, 0.1) is 16.6 Å². The highest BCUT2D eigenvalue weighted by Crippen LogP contribution is 2.14. The molecular weight excluding hydrogens is 233 g/mol. The molecule has 0 radical (unpaired) electrons. The number of aromatic nitrogens is 3. The lowest BCUT2D eigenvalue weighted by Gasteiger charge is -2.00. The zero-order valence-corrected chi connectivity index (χ0v) is 9.20. The van der Waals surface area contributed by atoms with Gasteiger partial charge in [-0.15, -0.1) is 11.6 Å². The summed E-state index contributed by atoms with van der Waals surface area (Å²) in [6.45, 7) is 0. The van der Waals surface area contributed by atoms with Gasteiger partial charge in [0.1, 0.15) is 5.69 Å². The van der Waals surface area contributed by atoms with Crippen LogP contribution < -0.4 is 0 Å². The molecule has 5 heteroatoms. The first kappa shape index (κ1) is 10.3. The second kappa shape index (κ2) is 4.55. The van der Waals surface area contributed by atoms with Crippen LogP contribution in [0.15, 0.2) is 30.6 Å². The van der Waals surface area contributed by atoms with Gasteiger partial charge < -0.3 is 0 Å². The molecule has 0 aliphatic heterocycles. The average molecular weight is 240 g/mol. The Hall–Kier alpha value is -1.19. The Morgan fingerprint density at radius 1 is 1.13 bits per heavy atom. The molecule has 15 heavy (non-hydrogen) atoms. The SMILES string of the molecule is ClCc1ccnc(-c2ccc(Cl)cn2)n1. The number of hydrogen-bond acceptors (Lipinski definition) is 3. The van der Waals surface area contributed by atoms with E-state index in [0.29, 0.717) is 22.4 Å². The number of pyridine rings is 1. The van der Waals surface area contributed by atoms with Gasteiger partial charge in [0.15, 0.2) is 5.82 Å². The van der Waals surface area contributed by atoms with Crippen molar-refractivity contribution >= 4 is 23.2 Å². The van der Waals surface area contributed by atoms with Crippen LogP contribution in [0.3, 0.4) is 0 Å². The molecular formula is C10H7Cl2N3. The van der Waals surface area contributed by atoms with Crippen molar-refractivity contribution in [2.24, 2.45) is 0 Å². The van der Waals surface area contributed by atoms with Crippen molar-refractivity contribution in [3.8, 4) is 11.5 Å². The van der Waals surface area contributed by atoms with E-state index in [2.05, 4.69) is 15.0 Å². The van der Waals surface area contributed by atoms with Crippen molar-refractivity contribution in [3.05, 3.63) is 41.3 Å². The summed E-state index contributed by atoms with van der Waals surface area (Å²) in [5, 5.41) is 0.590. The molecule has 3 nitrogen and oxygen atoms in total. The number of nitrogens with zero attached hydrogens (tertiary/aromatic N) is 3. The second-order valence-electron chi connectivity index (χ2n) is 2.87. The van der Waals surface area contributed by atoms with Gasteiger partial charge in [0.2, 0.25) is 0 Å². The number of rotatable bonds is 2. The molecule has 0 amide bonds. The minimum atomic E-state index is 0.364. The molecule has 0 N–H and O–H groups in total. The summed E-state index contributed by atoms with van der Waals surface area (Å²) in [7, 11) is 0. The molecule has 76 valence electrons. The lowest BCUT2D eigenvalue weighted by Crippen LogP contribution is -1.94. The summed E-state index contributed by atoms with van der Waals surface area (Å²) in [5.74, 6) is 0.924. The monoisotopic (exact) mass is 239 g/mol. The lowest BCUT2D eigenvalue weighted by atomic mass is 10.3. The van der Waals surface area contributed by atoms with E-state index in [1.807, 2.05) is 0 Å². The Kier molecular flexibility index (Phi) is 3.14. The van der Waals surface area contributed by atoms with Gasteiger partial charge in [0, 0.05) is 12.4 Å². The fraction of sp³-hybridized carbons (Fsp3) is 0.100. The minimum Gasteiger partial charge on any atom is -0.251 e. The Morgan fingerprint density at radius 3 is 2.67 bits per heavy atom. The molecule has 2 rings (SSSR count). The summed E-state index contributed by atoms with van der Waals surface area (Å²) < 4.78 is 0. The minimum absolute atomic E-state index is 0.364. The van der Waals surface area contributed by atoms with Crippen LogP contribution in [0, 0.1) is 0 Å². The highest BCUT2D eigenvalue weighted by Gasteiger charge is 2.03. The maximum Gasteiger partial charge on any atom is 0.178 e. The van der Waals surface area contributed by atoms with Crippen LogP contribution in [0.1, 0.15) is 5.69 Å². The van der Waals surface area contributed by atoms with Gasteiger partial charge in [-0.3, -0.25) is 4.98 Å². The van der Waals surface area contributed by atoms with Crippen LogP contribution in [0.25, 0.3) is 11.5 Å². The van der Waals surface area contributed by atoms with Crippen LogP contribution in [-0.4, -0.2) is 15.0 Å². The number of hydrogen-bond donors (Lipinski definition) is 0. The van der Waals surface area contributed by atoms with Crippen LogP contribution >= 0.6 is 23.2 Å². The molecule has 0 bridgehead atoms. The molecule has 0 aromatic carbocycles. The first-order chi connectivity index (χ1) is 7.29. The zero-order chi connectivity index (χ0) is 10.7. The Bertz CT molecular complexity index is 456. The number of halogens is 2. The van der Waals surface area contributed by atoms with Gasteiger partial charge in [-0.2, -0.15) is 0 Å². The molecule has 0 atom stereocenters.